The first kappa shape index (κ1) is 26.3. The largest absolute Gasteiger partial charge is 0.457 e. The molecule has 196 valence electrons. The predicted octanol–water partition coefficient (Wildman–Crippen LogP) is 6.53. The van der Waals surface area contributed by atoms with Crippen LogP contribution in [0.5, 0.6) is 11.5 Å². The average Bonchev–Trinajstić information content (AvgIpc) is 2.86. The summed E-state index contributed by atoms with van der Waals surface area (Å²) in [6.07, 6.45) is -1.53. The first-order valence-electron chi connectivity index (χ1n) is 11.7. The van der Waals surface area contributed by atoms with Crippen LogP contribution in [0, 0.1) is 0 Å². The summed E-state index contributed by atoms with van der Waals surface area (Å²) in [4.78, 5) is 18.7. The summed E-state index contributed by atoms with van der Waals surface area (Å²) in [5.74, 6) is 0.791. The van der Waals surface area contributed by atoms with Crippen LogP contribution in [-0.2, 0) is 6.18 Å². The van der Waals surface area contributed by atoms with Crippen LogP contribution in [0.2, 0.25) is 0 Å². The zero-order valence-corrected chi connectivity index (χ0v) is 20.7. The monoisotopic (exact) mass is 521 g/mol. The number of nitrogens with two attached hydrogens (primary N) is 2. The number of rotatable bonds is 7. The number of carbonyl (C=O) groups is 1. The number of pyridine rings is 1. The number of ether oxygens (including phenoxy) is 1. The summed E-state index contributed by atoms with van der Waals surface area (Å²) < 4.78 is 46.8. The van der Waals surface area contributed by atoms with E-state index in [2.05, 4.69) is 10.3 Å². The second-order valence-electron chi connectivity index (χ2n) is 8.59. The minimum atomic E-state index is -4.61. The molecule has 7 nitrogen and oxygen atoms in total. The quantitative estimate of drug-likeness (QED) is 0.255. The highest BCUT2D eigenvalue weighted by Gasteiger charge is 2.32. The van der Waals surface area contributed by atoms with E-state index in [1.54, 1.807) is 67.4 Å². The number of nitrogen functional groups attached to an aromatic ring is 1. The molecule has 0 saturated heterocycles. The molecule has 0 radical (unpaired) electrons. The van der Waals surface area contributed by atoms with Gasteiger partial charge in [-0.15, -0.1) is 0 Å². The highest BCUT2D eigenvalue weighted by Crippen LogP contribution is 2.35. The average molecular weight is 522 g/mol. The van der Waals surface area contributed by atoms with Gasteiger partial charge in [0.15, 0.2) is 0 Å². The normalized spacial score (nSPS) is 11.9. The number of hydrogen-bond acceptors (Lipinski definition) is 6. The van der Waals surface area contributed by atoms with E-state index in [1.807, 2.05) is 6.07 Å². The Hall–Kier alpha value is -4.73. The molecule has 3 aromatic carbocycles. The van der Waals surface area contributed by atoms with Gasteiger partial charge in [-0.1, -0.05) is 12.1 Å². The molecule has 0 spiro atoms. The number of alkyl halides is 3. The number of carbonyl (C=O) groups excluding carboxylic acids is 1. The van der Waals surface area contributed by atoms with Crippen molar-refractivity contribution < 1.29 is 22.7 Å². The molecule has 5 N–H and O–H groups in total. The summed E-state index contributed by atoms with van der Waals surface area (Å²) in [6.45, 7) is 3.81. The number of amides is 1. The van der Waals surface area contributed by atoms with E-state index in [0.29, 0.717) is 45.9 Å². The fourth-order valence-electron chi connectivity index (χ4n) is 3.96. The van der Waals surface area contributed by atoms with E-state index in [9.17, 15) is 18.0 Å². The molecule has 0 fully saturated rings. The fourth-order valence-corrected chi connectivity index (χ4v) is 3.96. The molecule has 0 atom stereocenters. The van der Waals surface area contributed by atoms with E-state index < -0.39 is 17.6 Å². The summed E-state index contributed by atoms with van der Waals surface area (Å²) in [6, 6.07) is 16.9. The summed E-state index contributed by atoms with van der Waals surface area (Å²) in [5, 5.41) is 3.94. The van der Waals surface area contributed by atoms with Gasteiger partial charge in [-0.2, -0.15) is 13.2 Å². The van der Waals surface area contributed by atoms with E-state index in [4.69, 9.17) is 16.2 Å². The third-order valence-corrected chi connectivity index (χ3v) is 5.62. The van der Waals surface area contributed by atoms with Crippen molar-refractivity contribution in [1.82, 2.24) is 4.98 Å². The molecule has 0 saturated carbocycles. The minimum Gasteiger partial charge on any atom is -0.457 e. The number of aromatic nitrogens is 1. The van der Waals surface area contributed by atoms with Crippen molar-refractivity contribution >= 4 is 33.9 Å². The number of fused-ring (bicyclic) bond motifs is 1. The molecule has 0 bridgehead atoms. The number of anilines is 3. The molecule has 1 heterocycles. The minimum absolute atomic E-state index is 0.00795. The van der Waals surface area contributed by atoms with Gasteiger partial charge < -0.3 is 26.4 Å². The SMILES string of the molecule is CCN(/C=C(/C)N)c1cc(NC(=O)c2cccc3cc(Oc4ccnc(N)c4)ccc23)cc(C(F)(F)F)c1. The molecular formula is C28H26F3N5O2. The van der Waals surface area contributed by atoms with E-state index in [-0.39, 0.29) is 11.4 Å². The molecule has 0 aliphatic heterocycles. The molecule has 0 unspecified atom stereocenters. The number of hydrogen-bond donors (Lipinski definition) is 3. The number of benzene rings is 3. The van der Waals surface area contributed by atoms with Crippen LogP contribution in [-0.4, -0.2) is 17.4 Å². The zero-order chi connectivity index (χ0) is 27.4. The van der Waals surface area contributed by atoms with Gasteiger partial charge in [0.1, 0.15) is 17.3 Å². The van der Waals surface area contributed by atoms with E-state index >= 15 is 0 Å². The molecule has 0 aliphatic rings. The molecule has 1 aromatic heterocycles. The van der Waals surface area contributed by atoms with Gasteiger partial charge in [0, 0.05) is 47.6 Å². The maximum Gasteiger partial charge on any atom is 0.416 e. The molecular weight excluding hydrogens is 495 g/mol. The Balaban J connectivity index is 1.66. The summed E-state index contributed by atoms with van der Waals surface area (Å²) >= 11 is 0. The van der Waals surface area contributed by atoms with Crippen molar-refractivity contribution in [2.45, 2.75) is 20.0 Å². The van der Waals surface area contributed by atoms with Crippen LogP contribution in [0.4, 0.5) is 30.4 Å². The lowest BCUT2D eigenvalue weighted by atomic mass is 10.0. The molecule has 10 heteroatoms. The molecule has 1 amide bonds. The summed E-state index contributed by atoms with van der Waals surface area (Å²) in [5.41, 5.74) is 11.5. The standard InChI is InChI=1S/C28H26F3N5O2/c1-3-36(16-17(2)32)21-13-19(28(29,30)31)12-20(14-21)35-27(37)25-6-4-5-18-11-22(7-8-24(18)25)38-23-9-10-34-26(33)15-23/h4-16H,3,32H2,1-2H3,(H2,33,34)(H,35,37)/b17-16-. The molecule has 4 aromatic rings. The lowest BCUT2D eigenvalue weighted by molar-refractivity contribution is -0.137. The zero-order valence-electron chi connectivity index (χ0n) is 20.7. The number of allylic oxidation sites excluding steroid dienone is 1. The van der Waals surface area contributed by atoms with Crippen LogP contribution in [0.1, 0.15) is 29.8 Å². The third-order valence-electron chi connectivity index (χ3n) is 5.62. The second-order valence-corrected chi connectivity index (χ2v) is 8.59. The molecule has 4 rings (SSSR count). The Labute approximate surface area is 217 Å². The Bertz CT molecular complexity index is 1510. The Kier molecular flexibility index (Phi) is 7.43. The van der Waals surface area contributed by atoms with E-state index in [0.717, 1.165) is 12.1 Å². The maximum absolute atomic E-state index is 13.7. The van der Waals surface area contributed by atoms with Gasteiger partial charge >= 0.3 is 6.18 Å². The lowest BCUT2D eigenvalue weighted by Gasteiger charge is -2.22. The van der Waals surface area contributed by atoms with Gasteiger partial charge in [-0.25, -0.2) is 4.98 Å². The first-order valence-corrected chi connectivity index (χ1v) is 11.7. The molecule has 0 aliphatic carbocycles. The summed E-state index contributed by atoms with van der Waals surface area (Å²) in [7, 11) is 0. The number of nitrogens with one attached hydrogen (secondary N) is 1. The highest BCUT2D eigenvalue weighted by atomic mass is 19.4. The third kappa shape index (κ3) is 6.15. The lowest BCUT2D eigenvalue weighted by Crippen LogP contribution is -2.19. The smallest absolute Gasteiger partial charge is 0.416 e. The Morgan fingerprint density at radius 2 is 1.84 bits per heavy atom. The van der Waals surface area contributed by atoms with Crippen molar-refractivity contribution in [2.24, 2.45) is 5.73 Å². The predicted molar refractivity (Wildman–Crippen MR) is 143 cm³/mol. The first-order chi connectivity index (χ1) is 18.0. The second kappa shape index (κ2) is 10.7. The Morgan fingerprint density at radius 3 is 2.53 bits per heavy atom. The number of halogens is 3. The van der Waals surface area contributed by atoms with Gasteiger partial charge in [0.25, 0.3) is 5.91 Å². The van der Waals surface area contributed by atoms with Gasteiger partial charge in [0.05, 0.1) is 5.56 Å². The fraction of sp³-hybridized carbons (Fsp3) is 0.143. The van der Waals surface area contributed by atoms with Crippen molar-refractivity contribution in [3.8, 4) is 11.5 Å². The van der Waals surface area contributed by atoms with Crippen LogP contribution < -0.4 is 26.4 Å². The van der Waals surface area contributed by atoms with Gasteiger partial charge in [0.2, 0.25) is 0 Å². The highest BCUT2D eigenvalue weighted by molar-refractivity contribution is 6.13. The Morgan fingerprint density at radius 1 is 1.08 bits per heavy atom. The molecule has 38 heavy (non-hydrogen) atoms. The topological polar surface area (TPSA) is 106 Å². The van der Waals surface area contributed by atoms with Crippen molar-refractivity contribution in [3.05, 3.63) is 96.0 Å². The van der Waals surface area contributed by atoms with Crippen molar-refractivity contribution in [3.63, 3.8) is 0 Å². The van der Waals surface area contributed by atoms with Crippen LogP contribution in [0.3, 0.4) is 0 Å². The van der Waals surface area contributed by atoms with Crippen LogP contribution in [0.15, 0.2) is 84.8 Å². The van der Waals surface area contributed by atoms with Crippen molar-refractivity contribution in [2.75, 3.05) is 22.5 Å². The van der Waals surface area contributed by atoms with Crippen molar-refractivity contribution in [1.29, 1.82) is 0 Å². The van der Waals surface area contributed by atoms with Crippen LogP contribution in [0.25, 0.3) is 10.8 Å². The van der Waals surface area contributed by atoms with E-state index in [1.165, 1.54) is 12.3 Å². The number of nitrogens with zero attached hydrogens (tertiary/aromatic N) is 2. The van der Waals surface area contributed by atoms with Crippen LogP contribution >= 0.6 is 0 Å². The van der Waals surface area contributed by atoms with Gasteiger partial charge in [-0.05, 0) is 73.2 Å². The maximum atomic E-state index is 13.7. The van der Waals surface area contributed by atoms with Gasteiger partial charge in [-0.3, -0.25) is 4.79 Å².